The Bertz CT molecular complexity index is 546. The van der Waals surface area contributed by atoms with Crippen molar-refractivity contribution in [3.05, 3.63) is 0 Å². The van der Waals surface area contributed by atoms with Gasteiger partial charge in [0.15, 0.2) is 0 Å². The van der Waals surface area contributed by atoms with Crippen LogP contribution < -0.4 is 0 Å². The third-order valence-corrected chi connectivity index (χ3v) is 12.1. The summed E-state index contributed by atoms with van der Waals surface area (Å²) in [5.74, 6) is -2.73. The summed E-state index contributed by atoms with van der Waals surface area (Å²) in [6.45, 7) is 20.0. The summed E-state index contributed by atoms with van der Waals surface area (Å²) in [4.78, 5) is 14.9. The molecule has 9 heteroatoms. The van der Waals surface area contributed by atoms with E-state index < -0.39 is 16.8 Å². The zero-order valence-corrected chi connectivity index (χ0v) is 21.9. The number of morpholine rings is 1. The molecule has 0 spiro atoms. The summed E-state index contributed by atoms with van der Waals surface area (Å²) in [5.41, 5.74) is -1.05. The number of carbonyl (C=O) groups is 1. The molecule has 1 saturated heterocycles. The summed E-state index contributed by atoms with van der Waals surface area (Å²) in [7, 11) is 0. The molecular formula is C20H40NO5PS2. The van der Waals surface area contributed by atoms with E-state index in [4.69, 9.17) is 14.0 Å². The minimum Gasteiger partial charge on any atom is -0.464 e. The van der Waals surface area contributed by atoms with Gasteiger partial charge in [0.25, 0.3) is 0 Å². The molecule has 0 aromatic carbocycles. The van der Waals surface area contributed by atoms with Gasteiger partial charge in [-0.05, 0) is 47.6 Å². The zero-order chi connectivity index (χ0) is 22.3. The first kappa shape index (κ1) is 27.3. The lowest BCUT2D eigenvalue weighted by molar-refractivity contribution is -0.153. The topological polar surface area (TPSA) is 65.1 Å². The van der Waals surface area contributed by atoms with E-state index in [1.807, 2.05) is 55.4 Å². The maximum absolute atomic E-state index is 13.3. The van der Waals surface area contributed by atoms with E-state index in [0.29, 0.717) is 5.75 Å². The van der Waals surface area contributed by atoms with E-state index in [1.54, 1.807) is 0 Å². The molecule has 1 unspecified atom stereocenters. The van der Waals surface area contributed by atoms with E-state index in [1.165, 1.54) is 22.8 Å². The van der Waals surface area contributed by atoms with E-state index in [2.05, 4.69) is 4.90 Å². The standard InChI is InChI=1S/C20H40NO5PS2/c1-18(2,3)26-27(23,29-19(4,5)6)28-16-15-25-17(22)20(7,8)9-10-21-11-13-24-14-12-21/h9-16H2,1-8H3. The van der Waals surface area contributed by atoms with Gasteiger partial charge in [-0.15, -0.1) is 0 Å². The van der Waals surface area contributed by atoms with Gasteiger partial charge in [-0.3, -0.25) is 14.3 Å². The van der Waals surface area contributed by atoms with Crippen LogP contribution in [0.2, 0.25) is 0 Å². The lowest BCUT2D eigenvalue weighted by atomic mass is 9.89. The summed E-state index contributed by atoms with van der Waals surface area (Å²) in [6, 6.07) is 0. The van der Waals surface area contributed by atoms with Crippen molar-refractivity contribution >= 4 is 34.5 Å². The summed E-state index contributed by atoms with van der Waals surface area (Å²) < 4.78 is 29.9. The highest BCUT2D eigenvalue weighted by molar-refractivity contribution is 8.89. The fourth-order valence-electron chi connectivity index (χ4n) is 2.59. The van der Waals surface area contributed by atoms with Crippen molar-refractivity contribution < 1.29 is 23.4 Å². The second kappa shape index (κ2) is 11.2. The maximum Gasteiger partial charge on any atom is 0.314 e. The van der Waals surface area contributed by atoms with Crippen LogP contribution in [0.1, 0.15) is 61.8 Å². The van der Waals surface area contributed by atoms with Crippen molar-refractivity contribution in [1.82, 2.24) is 4.90 Å². The van der Waals surface area contributed by atoms with Crippen LogP contribution in [-0.4, -0.2) is 66.4 Å². The molecule has 1 aliphatic heterocycles. The predicted molar refractivity (Wildman–Crippen MR) is 125 cm³/mol. The van der Waals surface area contributed by atoms with Crippen LogP contribution >= 0.6 is 28.5 Å². The quantitative estimate of drug-likeness (QED) is 0.237. The number of rotatable bonds is 10. The van der Waals surface area contributed by atoms with Crippen LogP contribution in [0.5, 0.6) is 0 Å². The molecule has 0 radical (unpaired) electrons. The molecular weight excluding hydrogens is 429 g/mol. The molecule has 0 N–H and O–H groups in total. The Morgan fingerprint density at radius 3 is 2.17 bits per heavy atom. The molecule has 0 amide bonds. The van der Waals surface area contributed by atoms with E-state index in [0.717, 1.165) is 39.3 Å². The second-order valence-corrected chi connectivity index (χ2v) is 18.0. The van der Waals surface area contributed by atoms with Gasteiger partial charge >= 0.3 is 11.7 Å². The predicted octanol–water partition coefficient (Wildman–Crippen LogP) is 5.47. The van der Waals surface area contributed by atoms with Gasteiger partial charge < -0.3 is 14.0 Å². The smallest absolute Gasteiger partial charge is 0.314 e. The Labute approximate surface area is 185 Å². The summed E-state index contributed by atoms with van der Waals surface area (Å²) in [5, 5.41) is 0. The number of esters is 1. The Kier molecular flexibility index (Phi) is 10.6. The first-order valence-electron chi connectivity index (χ1n) is 10.3. The van der Waals surface area contributed by atoms with Gasteiger partial charge in [-0.2, -0.15) is 0 Å². The lowest BCUT2D eigenvalue weighted by Crippen LogP contribution is -2.39. The minimum absolute atomic E-state index is 0.189. The molecule has 1 atom stereocenters. The SMILES string of the molecule is CC(C)(C)OP(=O)(SCCOC(=O)C(C)(C)CCN1CCOCC1)SC(C)(C)C. The van der Waals surface area contributed by atoms with Crippen molar-refractivity contribution in [2.45, 2.75) is 72.2 Å². The maximum atomic E-state index is 13.3. The van der Waals surface area contributed by atoms with Crippen LogP contribution in [0.4, 0.5) is 0 Å². The van der Waals surface area contributed by atoms with Crippen LogP contribution in [0.25, 0.3) is 0 Å². The molecule has 0 aromatic heterocycles. The van der Waals surface area contributed by atoms with Gasteiger partial charge in [0.2, 0.25) is 0 Å². The summed E-state index contributed by atoms with van der Waals surface area (Å²) in [6.07, 6.45) is 0.741. The third-order valence-electron chi connectivity index (χ3n) is 4.05. The van der Waals surface area contributed by atoms with Gasteiger partial charge in [-0.1, -0.05) is 43.5 Å². The van der Waals surface area contributed by atoms with Crippen molar-refractivity contribution in [3.63, 3.8) is 0 Å². The molecule has 1 fully saturated rings. The number of nitrogens with zero attached hydrogens (tertiary/aromatic N) is 1. The van der Waals surface area contributed by atoms with E-state index >= 15 is 0 Å². The number of hydrogen-bond donors (Lipinski definition) is 0. The number of ether oxygens (including phenoxy) is 2. The second-order valence-electron chi connectivity index (χ2n) is 9.91. The van der Waals surface area contributed by atoms with Crippen molar-refractivity contribution in [1.29, 1.82) is 0 Å². The Balaban J connectivity index is 2.47. The molecule has 1 heterocycles. The van der Waals surface area contributed by atoms with Gasteiger partial charge in [0.1, 0.15) is 6.61 Å². The highest BCUT2D eigenvalue weighted by Gasteiger charge is 2.36. The first-order valence-corrected chi connectivity index (χ1v) is 14.9. The van der Waals surface area contributed by atoms with Crippen molar-refractivity contribution in [2.75, 3.05) is 45.2 Å². The van der Waals surface area contributed by atoms with E-state index in [-0.39, 0.29) is 17.3 Å². The molecule has 1 aliphatic rings. The molecule has 6 nitrogen and oxygen atoms in total. The summed E-state index contributed by atoms with van der Waals surface area (Å²) >= 11 is 2.62. The first-order chi connectivity index (χ1) is 13.1. The molecule has 0 aliphatic carbocycles. The van der Waals surface area contributed by atoms with Gasteiger partial charge in [0, 0.05) is 23.6 Å². The zero-order valence-electron chi connectivity index (χ0n) is 19.4. The van der Waals surface area contributed by atoms with Gasteiger partial charge in [-0.25, -0.2) is 0 Å². The Hall–Kier alpha value is 0.280. The average Bonchev–Trinajstić information content (AvgIpc) is 2.54. The average molecular weight is 470 g/mol. The molecule has 1 rings (SSSR count). The normalized spacial score (nSPS) is 19.0. The fourth-order valence-corrected chi connectivity index (χ4v) is 12.3. The largest absolute Gasteiger partial charge is 0.464 e. The highest BCUT2D eigenvalue weighted by atomic mass is 33.1. The van der Waals surface area contributed by atoms with Crippen LogP contribution in [0, 0.1) is 5.41 Å². The molecule has 0 aromatic rings. The van der Waals surface area contributed by atoms with Crippen LogP contribution in [0.3, 0.4) is 0 Å². The number of carbonyl (C=O) groups excluding carboxylic acids is 1. The molecule has 0 saturated carbocycles. The van der Waals surface area contributed by atoms with Gasteiger partial charge in [0.05, 0.1) is 24.2 Å². The fraction of sp³-hybridized carbons (Fsp3) is 0.950. The monoisotopic (exact) mass is 469 g/mol. The Morgan fingerprint density at radius 1 is 1.07 bits per heavy atom. The van der Waals surface area contributed by atoms with Crippen LogP contribution in [0.15, 0.2) is 0 Å². The molecule has 0 bridgehead atoms. The molecule has 172 valence electrons. The third kappa shape index (κ3) is 12.0. The van der Waals surface area contributed by atoms with Crippen molar-refractivity contribution in [3.8, 4) is 0 Å². The van der Waals surface area contributed by atoms with Crippen molar-refractivity contribution in [2.24, 2.45) is 5.41 Å². The number of hydrogen-bond acceptors (Lipinski definition) is 8. The minimum atomic E-state index is -2.97. The van der Waals surface area contributed by atoms with E-state index in [9.17, 15) is 9.36 Å². The van der Waals surface area contributed by atoms with Crippen LogP contribution in [-0.2, 0) is 23.4 Å². The molecule has 29 heavy (non-hydrogen) atoms. The highest BCUT2D eigenvalue weighted by Crippen LogP contribution is 2.74. The Morgan fingerprint density at radius 2 is 1.66 bits per heavy atom. The lowest BCUT2D eigenvalue weighted by Gasteiger charge is -2.31.